The molecule has 128 valence electrons. The lowest BCUT2D eigenvalue weighted by Gasteiger charge is -2.12. The van der Waals surface area contributed by atoms with Crippen LogP contribution in [0.3, 0.4) is 0 Å². The molecule has 0 spiro atoms. The van der Waals surface area contributed by atoms with Gasteiger partial charge in [0.15, 0.2) is 5.16 Å². The normalized spacial score (nSPS) is 11.8. The maximum atomic E-state index is 12.1. The zero-order valence-corrected chi connectivity index (χ0v) is 14.2. The van der Waals surface area contributed by atoms with Gasteiger partial charge in [-0.15, -0.1) is 5.10 Å². The van der Waals surface area contributed by atoms with Gasteiger partial charge in [0.1, 0.15) is 0 Å². The summed E-state index contributed by atoms with van der Waals surface area (Å²) in [6.07, 6.45) is 0.778. The quantitative estimate of drug-likeness (QED) is 0.531. The molecule has 24 heavy (non-hydrogen) atoms. The topological polar surface area (TPSA) is 109 Å². The van der Waals surface area contributed by atoms with Crippen molar-refractivity contribution in [2.45, 2.75) is 37.2 Å². The molecule has 3 N–H and O–H groups in total. The van der Waals surface area contributed by atoms with Gasteiger partial charge in [0, 0.05) is 12.1 Å². The number of hydrogen-bond donors (Lipinski definition) is 3. The van der Waals surface area contributed by atoms with Gasteiger partial charge in [0.25, 0.3) is 11.8 Å². The number of nitrogens with zero attached hydrogens (tertiary/aromatic N) is 2. The molecule has 2 amide bonds. The summed E-state index contributed by atoms with van der Waals surface area (Å²) < 4.78 is 1.48. The Morgan fingerprint density at radius 1 is 1.29 bits per heavy atom. The summed E-state index contributed by atoms with van der Waals surface area (Å²) in [5, 5.41) is 6.20. The van der Waals surface area contributed by atoms with Crippen molar-refractivity contribution >= 4 is 23.6 Å². The molecule has 1 atom stereocenters. The maximum absolute atomic E-state index is 12.1. The summed E-state index contributed by atoms with van der Waals surface area (Å²) in [4.78, 5) is 35.6. The Bertz CT molecular complexity index is 756. The largest absolute Gasteiger partial charge is 0.343 e. The van der Waals surface area contributed by atoms with E-state index in [1.807, 2.05) is 6.92 Å². The van der Waals surface area contributed by atoms with Crippen molar-refractivity contribution in [1.82, 2.24) is 25.6 Å². The smallest absolute Gasteiger partial charge is 0.272 e. The van der Waals surface area contributed by atoms with Gasteiger partial charge >= 0.3 is 5.69 Å². The van der Waals surface area contributed by atoms with Crippen LogP contribution in [-0.2, 0) is 11.3 Å². The third-order valence-electron chi connectivity index (χ3n) is 3.16. The number of hydrogen-bond acceptors (Lipinski definition) is 5. The fourth-order valence-corrected chi connectivity index (χ4v) is 2.79. The van der Waals surface area contributed by atoms with Crippen molar-refractivity contribution in [2.24, 2.45) is 0 Å². The number of H-pyrrole nitrogens is 1. The Hall–Kier alpha value is -2.55. The Kier molecular flexibility index (Phi) is 6.19. The second kappa shape index (κ2) is 8.34. The molecule has 1 heterocycles. The molecule has 0 aliphatic carbocycles. The van der Waals surface area contributed by atoms with Gasteiger partial charge in [0.2, 0.25) is 0 Å². The molecular weight excluding hydrogens is 330 g/mol. The lowest BCUT2D eigenvalue weighted by atomic mass is 10.2. The average Bonchev–Trinajstić information content (AvgIpc) is 2.93. The van der Waals surface area contributed by atoms with Crippen LogP contribution in [0.4, 0.5) is 0 Å². The van der Waals surface area contributed by atoms with Crippen molar-refractivity contribution in [3.8, 4) is 0 Å². The molecule has 0 saturated heterocycles. The summed E-state index contributed by atoms with van der Waals surface area (Å²) in [6.45, 7) is 4.14. The predicted octanol–water partition coefficient (Wildman–Crippen LogP) is 0.923. The van der Waals surface area contributed by atoms with Crippen LogP contribution in [-0.4, -0.2) is 31.8 Å². The number of aromatic amines is 1. The molecule has 9 heteroatoms. The van der Waals surface area contributed by atoms with Crippen molar-refractivity contribution in [3.63, 3.8) is 0 Å². The van der Waals surface area contributed by atoms with E-state index >= 15 is 0 Å². The highest BCUT2D eigenvalue weighted by Gasteiger charge is 2.19. The van der Waals surface area contributed by atoms with Crippen LogP contribution in [0.2, 0.25) is 0 Å². The number of aromatic nitrogens is 3. The number of carbonyl (C=O) groups is 2. The van der Waals surface area contributed by atoms with E-state index in [4.69, 9.17) is 0 Å². The Labute approximate surface area is 143 Å². The average molecular weight is 349 g/mol. The molecule has 0 radical (unpaired) electrons. The standard InChI is InChI=1S/C15H19N5O3S/c1-3-9-20-14(23)18-19-15(20)24-10(2)12(21)16-17-13(22)11-7-5-4-6-8-11/h4-8,10H,3,9H2,1-2H3,(H,16,21)(H,17,22)(H,18,23)/t10-/m0/s1. The first kappa shape index (κ1) is 17.8. The van der Waals surface area contributed by atoms with Crippen LogP contribution in [0.25, 0.3) is 0 Å². The molecule has 0 unspecified atom stereocenters. The lowest BCUT2D eigenvalue weighted by Crippen LogP contribution is -2.45. The Morgan fingerprint density at radius 2 is 2.00 bits per heavy atom. The minimum Gasteiger partial charge on any atom is -0.272 e. The van der Waals surface area contributed by atoms with E-state index in [-0.39, 0.29) is 11.6 Å². The molecule has 0 aliphatic rings. The predicted molar refractivity (Wildman–Crippen MR) is 90.5 cm³/mol. The van der Waals surface area contributed by atoms with Gasteiger partial charge in [0.05, 0.1) is 5.25 Å². The molecule has 1 aromatic heterocycles. The van der Waals surface area contributed by atoms with Gasteiger partial charge in [-0.3, -0.25) is 25.0 Å². The summed E-state index contributed by atoms with van der Waals surface area (Å²) in [5.41, 5.74) is 4.88. The zero-order valence-electron chi connectivity index (χ0n) is 13.4. The molecule has 0 bridgehead atoms. The molecule has 2 rings (SSSR count). The third kappa shape index (κ3) is 4.48. The van der Waals surface area contributed by atoms with Gasteiger partial charge in [-0.2, -0.15) is 0 Å². The molecule has 8 nitrogen and oxygen atoms in total. The number of amides is 2. The highest BCUT2D eigenvalue weighted by molar-refractivity contribution is 8.00. The van der Waals surface area contributed by atoms with E-state index in [1.54, 1.807) is 37.3 Å². The summed E-state index contributed by atoms with van der Waals surface area (Å²) in [7, 11) is 0. The minimum atomic E-state index is -0.535. The van der Waals surface area contributed by atoms with E-state index in [0.29, 0.717) is 17.3 Å². The van der Waals surface area contributed by atoms with E-state index in [1.165, 1.54) is 4.57 Å². The molecule has 0 fully saturated rings. The molecule has 0 aliphatic heterocycles. The molecule has 2 aromatic rings. The van der Waals surface area contributed by atoms with Crippen LogP contribution < -0.4 is 16.5 Å². The fraction of sp³-hybridized carbons (Fsp3) is 0.333. The second-order valence-electron chi connectivity index (χ2n) is 5.03. The van der Waals surface area contributed by atoms with Gasteiger partial charge in [-0.25, -0.2) is 9.89 Å². The van der Waals surface area contributed by atoms with Crippen LogP contribution in [0.15, 0.2) is 40.3 Å². The number of benzene rings is 1. The molecule has 0 saturated carbocycles. The number of thioether (sulfide) groups is 1. The summed E-state index contributed by atoms with van der Waals surface area (Å²) >= 11 is 1.14. The Balaban J connectivity index is 1.91. The summed E-state index contributed by atoms with van der Waals surface area (Å²) in [6, 6.07) is 8.56. The van der Waals surface area contributed by atoms with Gasteiger partial charge in [-0.05, 0) is 25.5 Å². The third-order valence-corrected chi connectivity index (χ3v) is 4.25. The van der Waals surface area contributed by atoms with E-state index < -0.39 is 11.2 Å². The van der Waals surface area contributed by atoms with E-state index in [2.05, 4.69) is 21.0 Å². The van der Waals surface area contributed by atoms with Crippen LogP contribution in [0.1, 0.15) is 30.6 Å². The SMILES string of the molecule is CCCn1c(S[C@@H](C)C(=O)NNC(=O)c2ccccc2)n[nH]c1=O. The number of carbonyl (C=O) groups excluding carboxylic acids is 2. The first-order chi connectivity index (χ1) is 11.5. The first-order valence-corrected chi connectivity index (χ1v) is 8.38. The summed E-state index contributed by atoms with van der Waals surface area (Å²) in [5.74, 6) is -0.786. The van der Waals surface area contributed by atoms with Crippen molar-refractivity contribution in [1.29, 1.82) is 0 Å². The maximum Gasteiger partial charge on any atom is 0.343 e. The monoisotopic (exact) mass is 349 g/mol. The van der Waals surface area contributed by atoms with Crippen LogP contribution in [0, 0.1) is 0 Å². The van der Waals surface area contributed by atoms with Crippen LogP contribution >= 0.6 is 11.8 Å². The number of nitrogens with one attached hydrogen (secondary N) is 3. The highest BCUT2D eigenvalue weighted by Crippen LogP contribution is 2.19. The van der Waals surface area contributed by atoms with Crippen molar-refractivity contribution in [3.05, 3.63) is 46.4 Å². The first-order valence-electron chi connectivity index (χ1n) is 7.50. The second-order valence-corrected chi connectivity index (χ2v) is 6.34. The van der Waals surface area contributed by atoms with Crippen molar-refractivity contribution in [2.75, 3.05) is 0 Å². The van der Waals surface area contributed by atoms with E-state index in [0.717, 1.165) is 18.2 Å². The lowest BCUT2D eigenvalue weighted by molar-refractivity contribution is -0.121. The molecular formula is C15H19N5O3S. The van der Waals surface area contributed by atoms with Gasteiger partial charge in [-0.1, -0.05) is 36.9 Å². The van der Waals surface area contributed by atoms with Gasteiger partial charge < -0.3 is 0 Å². The van der Waals surface area contributed by atoms with Crippen molar-refractivity contribution < 1.29 is 9.59 Å². The number of hydrazine groups is 1. The Morgan fingerprint density at radius 3 is 2.67 bits per heavy atom. The fourth-order valence-electron chi connectivity index (χ4n) is 1.91. The van der Waals surface area contributed by atoms with E-state index in [9.17, 15) is 14.4 Å². The zero-order chi connectivity index (χ0) is 17.5. The highest BCUT2D eigenvalue weighted by atomic mass is 32.2. The van der Waals surface area contributed by atoms with Crippen LogP contribution in [0.5, 0.6) is 0 Å². The number of rotatable bonds is 6. The molecule has 1 aromatic carbocycles. The minimum absolute atomic E-state index is 0.302.